The third-order valence-corrected chi connectivity index (χ3v) is 14.2. The van der Waals surface area contributed by atoms with Crippen molar-refractivity contribution in [2.24, 2.45) is 0 Å². The lowest BCUT2D eigenvalue weighted by atomic mass is 9.96. The van der Waals surface area contributed by atoms with Crippen LogP contribution in [-0.4, -0.2) is 193 Å². The number of hydrogen-bond acceptors (Lipinski definition) is 18. The number of unbranched alkanes of at least 4 members (excludes halogenated alkanes) is 23. The third-order valence-electron chi connectivity index (χ3n) is 14.2. The lowest BCUT2D eigenvalue weighted by Gasteiger charge is -2.48. The van der Waals surface area contributed by atoms with Crippen LogP contribution in [0.1, 0.15) is 187 Å². The molecule has 0 aromatic rings. The van der Waals surface area contributed by atoms with Gasteiger partial charge < -0.3 is 89.9 Å². The molecule has 3 rings (SSSR count). The molecule has 19 nitrogen and oxygen atoms in total. The first-order chi connectivity index (χ1) is 33.8. The summed E-state index contributed by atoms with van der Waals surface area (Å²) in [5, 5.41) is 120. The zero-order chi connectivity index (χ0) is 51.3. The fourth-order valence-corrected chi connectivity index (χ4v) is 9.61. The van der Waals surface area contributed by atoms with Gasteiger partial charge in [0.15, 0.2) is 18.9 Å². The Bertz CT molecular complexity index is 1300. The van der Waals surface area contributed by atoms with Gasteiger partial charge in [0.05, 0.1) is 38.6 Å². The Hall–Kier alpha value is -1.21. The Balaban J connectivity index is 1.53. The molecule has 1 amide bonds. The monoisotopic (exact) mass is 1010 g/mol. The first-order valence-corrected chi connectivity index (χ1v) is 27.3. The van der Waals surface area contributed by atoms with Gasteiger partial charge in [0.25, 0.3) is 0 Å². The Labute approximate surface area is 417 Å². The summed E-state index contributed by atoms with van der Waals surface area (Å²) in [6.45, 7) is 1.76. The molecule has 3 aliphatic rings. The highest BCUT2D eigenvalue weighted by Gasteiger charge is 2.53. The van der Waals surface area contributed by atoms with E-state index in [0.29, 0.717) is 12.8 Å². The third kappa shape index (κ3) is 21.9. The quantitative estimate of drug-likeness (QED) is 0.0394. The normalized spacial score (nSPS) is 32.5. The van der Waals surface area contributed by atoms with E-state index in [2.05, 4.69) is 19.2 Å². The van der Waals surface area contributed by atoms with Gasteiger partial charge in [0.2, 0.25) is 5.91 Å². The van der Waals surface area contributed by atoms with Gasteiger partial charge in [-0.1, -0.05) is 168 Å². The molecular formula is C51H97NO18. The molecule has 3 saturated heterocycles. The van der Waals surface area contributed by atoms with E-state index in [4.69, 9.17) is 28.4 Å². The van der Waals surface area contributed by atoms with Gasteiger partial charge in [-0.2, -0.15) is 0 Å². The van der Waals surface area contributed by atoms with Crippen LogP contribution in [0.15, 0.2) is 0 Å². The molecule has 414 valence electrons. The van der Waals surface area contributed by atoms with E-state index >= 15 is 0 Å². The molecule has 0 aliphatic carbocycles. The maximum atomic E-state index is 13.2. The van der Waals surface area contributed by atoms with Gasteiger partial charge in [-0.25, -0.2) is 0 Å². The number of aliphatic hydroxyl groups is 11. The molecule has 0 saturated carbocycles. The van der Waals surface area contributed by atoms with Gasteiger partial charge >= 0.3 is 0 Å². The molecule has 17 unspecified atom stereocenters. The summed E-state index contributed by atoms with van der Waals surface area (Å²) in [7, 11) is 0. The van der Waals surface area contributed by atoms with E-state index in [1.165, 1.54) is 109 Å². The first kappa shape index (κ1) is 63.1. The Morgan fingerprint density at radius 3 is 1.24 bits per heavy atom. The Morgan fingerprint density at radius 1 is 0.457 bits per heavy atom. The van der Waals surface area contributed by atoms with E-state index in [1.54, 1.807) is 0 Å². The van der Waals surface area contributed by atoms with Crippen molar-refractivity contribution < 1.29 is 89.4 Å². The standard InChI is InChI=1S/C51H97NO18/c1-3-5-7-9-11-13-15-16-17-19-21-23-25-27-29-39(57)52-34(35(56)28-26-24-22-20-18-14-12-10-8-6-4-2)33-65-49-45(63)42(60)47(37(31-54)67-49)70-51-46(64)43(61)48(38(32-55)68-51)69-50-44(62)41(59)40(58)36(30-53)66-50/h34-38,40-51,53-56,58-64H,3-33H2,1-2H3,(H,52,57). The van der Waals surface area contributed by atoms with Crippen molar-refractivity contribution in [3.05, 3.63) is 0 Å². The second-order valence-electron chi connectivity index (χ2n) is 20.1. The van der Waals surface area contributed by atoms with E-state index in [0.717, 1.165) is 44.9 Å². The van der Waals surface area contributed by atoms with Crippen molar-refractivity contribution in [1.29, 1.82) is 0 Å². The van der Waals surface area contributed by atoms with Crippen LogP contribution >= 0.6 is 0 Å². The number of hydrogen-bond donors (Lipinski definition) is 12. The zero-order valence-electron chi connectivity index (χ0n) is 42.5. The SMILES string of the molecule is CCCCCCCCCCCCCCCCC(=O)NC(COC1OC(CO)C(OC2OC(CO)C(OC3OC(CO)C(O)C(O)C3O)C(O)C2O)C(O)C1O)C(O)CCCCCCCCCCCCC. The van der Waals surface area contributed by atoms with Crippen molar-refractivity contribution in [1.82, 2.24) is 5.32 Å². The number of rotatable bonds is 39. The van der Waals surface area contributed by atoms with Crippen LogP contribution in [0.5, 0.6) is 0 Å². The van der Waals surface area contributed by atoms with Gasteiger partial charge in [0, 0.05) is 6.42 Å². The smallest absolute Gasteiger partial charge is 0.220 e. The van der Waals surface area contributed by atoms with Crippen LogP contribution in [0, 0.1) is 0 Å². The molecule has 19 heteroatoms. The van der Waals surface area contributed by atoms with Crippen molar-refractivity contribution in [3.63, 3.8) is 0 Å². The molecule has 0 aromatic carbocycles. The molecule has 0 aromatic heterocycles. The van der Waals surface area contributed by atoms with E-state index in [9.17, 15) is 61.0 Å². The summed E-state index contributed by atoms with van der Waals surface area (Å²) in [6.07, 6.45) is 3.48. The zero-order valence-corrected chi connectivity index (χ0v) is 42.5. The molecule has 3 aliphatic heterocycles. The van der Waals surface area contributed by atoms with Crippen LogP contribution in [-0.2, 0) is 33.2 Å². The minimum atomic E-state index is -1.97. The number of aliphatic hydroxyl groups excluding tert-OH is 11. The first-order valence-electron chi connectivity index (χ1n) is 27.3. The lowest BCUT2D eigenvalue weighted by Crippen LogP contribution is -2.66. The average Bonchev–Trinajstić information content (AvgIpc) is 3.35. The number of amides is 1. The van der Waals surface area contributed by atoms with Gasteiger partial charge in [-0.3, -0.25) is 4.79 Å². The van der Waals surface area contributed by atoms with Gasteiger partial charge in [-0.05, 0) is 12.8 Å². The molecular weight excluding hydrogens is 915 g/mol. The summed E-state index contributed by atoms with van der Waals surface area (Å²) in [4.78, 5) is 13.2. The van der Waals surface area contributed by atoms with Crippen molar-refractivity contribution in [3.8, 4) is 0 Å². The largest absolute Gasteiger partial charge is 0.394 e. The minimum absolute atomic E-state index is 0.243. The van der Waals surface area contributed by atoms with E-state index in [-0.39, 0.29) is 18.9 Å². The Kier molecular flexibility index (Phi) is 33.1. The summed E-state index contributed by atoms with van der Waals surface area (Å²) in [6, 6.07) is -0.877. The number of carbonyl (C=O) groups excluding carboxylic acids is 1. The topological polar surface area (TPSA) is 307 Å². The summed E-state index contributed by atoms with van der Waals surface area (Å²) in [5.41, 5.74) is 0. The number of carbonyl (C=O) groups is 1. The molecule has 3 heterocycles. The summed E-state index contributed by atoms with van der Waals surface area (Å²) in [5.74, 6) is -0.243. The molecule has 0 radical (unpaired) electrons. The maximum absolute atomic E-state index is 13.2. The molecule has 0 bridgehead atoms. The van der Waals surface area contributed by atoms with Crippen LogP contribution in [0.2, 0.25) is 0 Å². The summed E-state index contributed by atoms with van der Waals surface area (Å²) >= 11 is 0. The molecule has 17 atom stereocenters. The molecule has 70 heavy (non-hydrogen) atoms. The summed E-state index contributed by atoms with van der Waals surface area (Å²) < 4.78 is 34.2. The number of ether oxygens (including phenoxy) is 6. The van der Waals surface area contributed by atoms with Crippen LogP contribution in [0.4, 0.5) is 0 Å². The second kappa shape index (κ2) is 36.7. The molecule has 12 N–H and O–H groups in total. The molecule has 3 fully saturated rings. The van der Waals surface area contributed by atoms with Crippen molar-refractivity contribution in [2.45, 2.75) is 291 Å². The van der Waals surface area contributed by atoms with Crippen LogP contribution in [0.25, 0.3) is 0 Å². The minimum Gasteiger partial charge on any atom is -0.394 e. The highest BCUT2D eigenvalue weighted by Crippen LogP contribution is 2.33. The predicted molar refractivity (Wildman–Crippen MR) is 259 cm³/mol. The van der Waals surface area contributed by atoms with Crippen molar-refractivity contribution in [2.75, 3.05) is 26.4 Å². The second-order valence-corrected chi connectivity index (χ2v) is 20.1. The Morgan fingerprint density at radius 2 is 0.814 bits per heavy atom. The predicted octanol–water partition coefficient (Wildman–Crippen LogP) is 2.87. The maximum Gasteiger partial charge on any atom is 0.220 e. The van der Waals surface area contributed by atoms with Crippen molar-refractivity contribution >= 4 is 5.91 Å². The number of nitrogens with one attached hydrogen (secondary N) is 1. The van der Waals surface area contributed by atoms with Crippen LogP contribution < -0.4 is 5.32 Å². The van der Waals surface area contributed by atoms with Gasteiger partial charge in [0.1, 0.15) is 73.2 Å². The lowest BCUT2D eigenvalue weighted by molar-refractivity contribution is -0.379. The molecule has 0 spiro atoms. The van der Waals surface area contributed by atoms with E-state index < -0.39 is 124 Å². The van der Waals surface area contributed by atoms with Gasteiger partial charge in [-0.15, -0.1) is 0 Å². The highest BCUT2D eigenvalue weighted by molar-refractivity contribution is 5.76. The van der Waals surface area contributed by atoms with Crippen LogP contribution in [0.3, 0.4) is 0 Å². The average molecular weight is 1010 g/mol. The highest BCUT2D eigenvalue weighted by atomic mass is 16.8. The fourth-order valence-electron chi connectivity index (χ4n) is 9.61. The fraction of sp³-hybridized carbons (Fsp3) is 0.980. The van der Waals surface area contributed by atoms with E-state index in [1.807, 2.05) is 0 Å².